The van der Waals surface area contributed by atoms with Gasteiger partial charge in [0.25, 0.3) is 0 Å². The molecule has 0 spiro atoms. The van der Waals surface area contributed by atoms with E-state index in [-0.39, 0.29) is 24.3 Å². The first-order chi connectivity index (χ1) is 6.10. The zero-order chi connectivity index (χ0) is 9.90. The average Bonchev–Trinajstić information content (AvgIpc) is 2.18. The quantitative estimate of drug-likeness (QED) is 0.721. The number of ether oxygens (including phenoxy) is 1. The monoisotopic (exact) mass is 244 g/mol. The van der Waals surface area contributed by atoms with Crippen molar-refractivity contribution in [3.05, 3.63) is 0 Å². The largest absolute Gasteiger partial charge is 0.374 e. The Morgan fingerprint density at radius 2 is 2.21 bits per heavy atom. The Hall–Kier alpha value is 0.120. The maximum Gasteiger partial charge on any atom is 0.213 e. The minimum absolute atomic E-state index is 0. The molecule has 0 bridgehead atoms. The molecular weight excluding hydrogens is 228 g/mol. The van der Waals surface area contributed by atoms with Crippen molar-refractivity contribution in [1.29, 1.82) is 0 Å². The number of morpholine rings is 1. The molecule has 0 aromatic rings. The van der Waals surface area contributed by atoms with Crippen LogP contribution in [0.15, 0.2) is 0 Å². The van der Waals surface area contributed by atoms with Crippen molar-refractivity contribution < 1.29 is 13.2 Å². The first-order valence-corrected chi connectivity index (χ1v) is 6.00. The van der Waals surface area contributed by atoms with Gasteiger partial charge in [0, 0.05) is 19.6 Å². The number of rotatable bonds is 3. The second-order valence-corrected chi connectivity index (χ2v) is 5.24. The fourth-order valence-electron chi connectivity index (χ4n) is 1.27. The highest BCUT2D eigenvalue weighted by Gasteiger charge is 2.27. The summed E-state index contributed by atoms with van der Waals surface area (Å²) < 4.78 is 29.6. The molecule has 14 heavy (non-hydrogen) atoms. The maximum atomic E-state index is 11.4. The van der Waals surface area contributed by atoms with Crippen LogP contribution in [0.2, 0.25) is 0 Å². The highest BCUT2D eigenvalue weighted by Crippen LogP contribution is 2.09. The van der Waals surface area contributed by atoms with Gasteiger partial charge in [-0.3, -0.25) is 0 Å². The lowest BCUT2D eigenvalue weighted by Crippen LogP contribution is -2.48. The zero-order valence-corrected chi connectivity index (χ0v) is 9.81. The van der Waals surface area contributed by atoms with E-state index in [9.17, 15) is 8.42 Å². The van der Waals surface area contributed by atoms with Gasteiger partial charge in [0.05, 0.1) is 18.5 Å². The van der Waals surface area contributed by atoms with E-state index in [1.807, 2.05) is 0 Å². The van der Waals surface area contributed by atoms with E-state index >= 15 is 0 Å². The fraction of sp³-hybridized carbons (Fsp3) is 1.00. The van der Waals surface area contributed by atoms with Crippen LogP contribution in [-0.2, 0) is 14.8 Å². The van der Waals surface area contributed by atoms with Crippen LogP contribution < -0.4 is 5.73 Å². The molecule has 0 aromatic carbocycles. The van der Waals surface area contributed by atoms with Crippen molar-refractivity contribution >= 4 is 22.4 Å². The highest BCUT2D eigenvalue weighted by atomic mass is 35.5. The SMILES string of the molecule is CCS(=O)(=O)N1CCOC(CN)C1.Cl. The minimum Gasteiger partial charge on any atom is -0.374 e. The third kappa shape index (κ3) is 3.36. The van der Waals surface area contributed by atoms with Crippen molar-refractivity contribution in [2.45, 2.75) is 13.0 Å². The molecular formula is C7H17ClN2O3S. The van der Waals surface area contributed by atoms with Gasteiger partial charge in [-0.05, 0) is 6.92 Å². The Morgan fingerprint density at radius 3 is 2.71 bits per heavy atom. The molecule has 7 heteroatoms. The van der Waals surface area contributed by atoms with Crippen LogP contribution in [0.5, 0.6) is 0 Å². The number of hydrogen-bond acceptors (Lipinski definition) is 4. The Kier molecular flexibility index (Phi) is 5.92. The molecule has 0 aliphatic carbocycles. The molecule has 0 amide bonds. The number of sulfonamides is 1. The Morgan fingerprint density at radius 1 is 1.57 bits per heavy atom. The second-order valence-electron chi connectivity index (χ2n) is 2.99. The summed E-state index contributed by atoms with van der Waals surface area (Å²) in [6, 6.07) is 0. The zero-order valence-electron chi connectivity index (χ0n) is 8.18. The lowest BCUT2D eigenvalue weighted by Gasteiger charge is -2.31. The van der Waals surface area contributed by atoms with E-state index in [0.29, 0.717) is 26.2 Å². The number of halogens is 1. The first-order valence-electron chi connectivity index (χ1n) is 4.39. The Balaban J connectivity index is 0.00000169. The molecule has 1 aliphatic heterocycles. The van der Waals surface area contributed by atoms with Gasteiger partial charge in [0.2, 0.25) is 10.0 Å². The van der Waals surface area contributed by atoms with E-state index in [0.717, 1.165) is 0 Å². The van der Waals surface area contributed by atoms with Crippen LogP contribution in [0.1, 0.15) is 6.92 Å². The molecule has 0 radical (unpaired) electrons. The normalized spacial score (nSPS) is 24.3. The summed E-state index contributed by atoms with van der Waals surface area (Å²) in [6.07, 6.45) is -0.143. The van der Waals surface area contributed by atoms with Crippen molar-refractivity contribution in [1.82, 2.24) is 4.31 Å². The van der Waals surface area contributed by atoms with E-state index in [4.69, 9.17) is 10.5 Å². The van der Waals surface area contributed by atoms with Crippen LogP contribution in [0.3, 0.4) is 0 Å². The van der Waals surface area contributed by atoms with Gasteiger partial charge in [0.15, 0.2) is 0 Å². The van der Waals surface area contributed by atoms with E-state index in [1.165, 1.54) is 4.31 Å². The molecule has 1 fully saturated rings. The molecule has 1 atom stereocenters. The van der Waals surface area contributed by atoms with Crippen molar-refractivity contribution in [3.63, 3.8) is 0 Å². The summed E-state index contributed by atoms with van der Waals surface area (Å²) in [4.78, 5) is 0. The molecule has 0 saturated carbocycles. The molecule has 1 saturated heterocycles. The predicted molar refractivity (Wildman–Crippen MR) is 57.1 cm³/mol. The van der Waals surface area contributed by atoms with Gasteiger partial charge >= 0.3 is 0 Å². The van der Waals surface area contributed by atoms with Crippen LogP contribution in [-0.4, -0.2) is 50.8 Å². The molecule has 86 valence electrons. The summed E-state index contributed by atoms with van der Waals surface area (Å²) in [5.41, 5.74) is 5.40. The van der Waals surface area contributed by atoms with Crippen LogP contribution in [0, 0.1) is 0 Å². The van der Waals surface area contributed by atoms with Crippen molar-refractivity contribution in [2.24, 2.45) is 5.73 Å². The minimum atomic E-state index is -3.07. The summed E-state index contributed by atoms with van der Waals surface area (Å²) >= 11 is 0. The Labute approximate surface area is 91.1 Å². The van der Waals surface area contributed by atoms with Gasteiger partial charge in [-0.25, -0.2) is 8.42 Å². The summed E-state index contributed by atoms with van der Waals surface area (Å²) in [7, 11) is -3.07. The van der Waals surface area contributed by atoms with E-state index in [2.05, 4.69) is 0 Å². The smallest absolute Gasteiger partial charge is 0.213 e. The lowest BCUT2D eigenvalue weighted by atomic mass is 10.3. The topological polar surface area (TPSA) is 72.6 Å². The van der Waals surface area contributed by atoms with E-state index < -0.39 is 10.0 Å². The molecule has 0 aromatic heterocycles. The standard InChI is InChI=1S/C7H16N2O3S.ClH/c1-2-13(10,11)9-3-4-12-7(5-8)6-9;/h7H,2-6,8H2,1H3;1H. The number of nitrogens with zero attached hydrogens (tertiary/aromatic N) is 1. The molecule has 5 nitrogen and oxygen atoms in total. The number of nitrogens with two attached hydrogens (primary N) is 1. The molecule has 1 unspecified atom stereocenters. The molecule has 1 rings (SSSR count). The molecule has 1 heterocycles. The summed E-state index contributed by atoms with van der Waals surface area (Å²) in [5.74, 6) is 0.143. The third-order valence-electron chi connectivity index (χ3n) is 2.12. The van der Waals surface area contributed by atoms with Gasteiger partial charge in [0.1, 0.15) is 0 Å². The number of hydrogen-bond donors (Lipinski definition) is 1. The second kappa shape index (κ2) is 5.87. The van der Waals surface area contributed by atoms with Gasteiger partial charge in [-0.2, -0.15) is 4.31 Å². The van der Waals surface area contributed by atoms with Crippen molar-refractivity contribution in [2.75, 3.05) is 32.0 Å². The van der Waals surface area contributed by atoms with Gasteiger partial charge in [-0.15, -0.1) is 12.4 Å². The Bertz CT molecular complexity index is 258. The highest BCUT2D eigenvalue weighted by molar-refractivity contribution is 7.89. The first kappa shape index (κ1) is 14.1. The van der Waals surface area contributed by atoms with Crippen LogP contribution in [0.4, 0.5) is 0 Å². The summed E-state index contributed by atoms with van der Waals surface area (Å²) in [6.45, 7) is 3.30. The molecule has 1 aliphatic rings. The van der Waals surface area contributed by atoms with Crippen LogP contribution in [0.25, 0.3) is 0 Å². The third-order valence-corrected chi connectivity index (χ3v) is 3.97. The van der Waals surface area contributed by atoms with Gasteiger partial charge < -0.3 is 10.5 Å². The van der Waals surface area contributed by atoms with Crippen LogP contribution >= 0.6 is 12.4 Å². The maximum absolute atomic E-state index is 11.4. The fourth-order valence-corrected chi connectivity index (χ4v) is 2.38. The lowest BCUT2D eigenvalue weighted by molar-refractivity contribution is 0.00456. The summed E-state index contributed by atoms with van der Waals surface area (Å²) in [5, 5.41) is 0. The average molecular weight is 245 g/mol. The molecule has 2 N–H and O–H groups in total. The van der Waals surface area contributed by atoms with Crippen molar-refractivity contribution in [3.8, 4) is 0 Å². The van der Waals surface area contributed by atoms with Gasteiger partial charge in [-0.1, -0.05) is 0 Å². The van der Waals surface area contributed by atoms with E-state index in [1.54, 1.807) is 6.92 Å². The predicted octanol–water partition coefficient (Wildman–Crippen LogP) is -0.583.